The lowest BCUT2D eigenvalue weighted by molar-refractivity contribution is -0.121. The van der Waals surface area contributed by atoms with Crippen LogP contribution in [0.15, 0.2) is 30.5 Å². The molecule has 1 aromatic heterocycles. The Hall–Kier alpha value is -2.30. The van der Waals surface area contributed by atoms with Gasteiger partial charge >= 0.3 is 0 Å². The molecule has 1 atom stereocenters. The van der Waals surface area contributed by atoms with Crippen LogP contribution in [0, 0.1) is 6.92 Å². The highest BCUT2D eigenvalue weighted by atomic mass is 16.5. The molecule has 1 N–H and O–H groups in total. The molecule has 0 saturated carbocycles. The maximum absolute atomic E-state index is 12.2. The smallest absolute Gasteiger partial charge is 0.225 e. The van der Waals surface area contributed by atoms with Crippen LogP contribution in [0.2, 0.25) is 0 Å². The topological polar surface area (TPSA) is 56.1 Å². The molecule has 1 aromatic carbocycles. The van der Waals surface area contributed by atoms with Crippen molar-refractivity contribution >= 4 is 5.91 Å². The van der Waals surface area contributed by atoms with Crippen LogP contribution in [-0.2, 0) is 18.3 Å². The number of ether oxygens (including phenoxy) is 1. The van der Waals surface area contributed by atoms with Crippen LogP contribution in [0.3, 0.4) is 0 Å². The molecule has 0 saturated heterocycles. The van der Waals surface area contributed by atoms with E-state index < -0.39 is 0 Å². The van der Waals surface area contributed by atoms with Crippen molar-refractivity contribution in [2.45, 2.75) is 26.3 Å². The molecule has 2 rings (SSSR count). The predicted molar refractivity (Wildman–Crippen MR) is 81.2 cm³/mol. The number of hydrogen-bond donors (Lipinski definition) is 1. The molecule has 0 spiro atoms. The molecule has 0 radical (unpaired) electrons. The van der Waals surface area contributed by atoms with Gasteiger partial charge in [-0.05, 0) is 19.9 Å². The van der Waals surface area contributed by atoms with Gasteiger partial charge in [0.05, 0.1) is 25.8 Å². The van der Waals surface area contributed by atoms with E-state index in [4.69, 9.17) is 4.74 Å². The summed E-state index contributed by atoms with van der Waals surface area (Å²) in [6.45, 7) is 3.95. The maximum Gasteiger partial charge on any atom is 0.225 e. The van der Waals surface area contributed by atoms with Gasteiger partial charge in [0.1, 0.15) is 5.75 Å². The summed E-state index contributed by atoms with van der Waals surface area (Å²) in [5.74, 6) is 0.702. The van der Waals surface area contributed by atoms with Crippen molar-refractivity contribution < 1.29 is 9.53 Å². The Balaban J connectivity index is 2.03. The Morgan fingerprint density at radius 3 is 2.76 bits per heavy atom. The van der Waals surface area contributed by atoms with E-state index in [0.29, 0.717) is 6.42 Å². The van der Waals surface area contributed by atoms with Crippen LogP contribution in [0.25, 0.3) is 0 Å². The van der Waals surface area contributed by atoms with Gasteiger partial charge in [-0.3, -0.25) is 9.48 Å². The fraction of sp³-hybridized carbons (Fsp3) is 0.375. The van der Waals surface area contributed by atoms with Gasteiger partial charge < -0.3 is 10.1 Å². The first-order valence-electron chi connectivity index (χ1n) is 6.92. The van der Waals surface area contributed by atoms with Gasteiger partial charge in [0, 0.05) is 23.9 Å². The number of methoxy groups -OCH3 is 1. The fourth-order valence-corrected chi connectivity index (χ4v) is 2.33. The molecule has 0 bridgehead atoms. The quantitative estimate of drug-likeness (QED) is 0.917. The predicted octanol–water partition coefficient (Wildman–Crippen LogP) is 2.16. The SMILES string of the molecule is COc1ccccc1CC(=O)N[C@@H](C)c1cnn(C)c1C. The molecule has 2 aromatic rings. The minimum absolute atomic E-state index is 0.0322. The number of aromatic nitrogens is 2. The van der Waals surface area contributed by atoms with E-state index in [1.807, 2.05) is 45.2 Å². The average Bonchev–Trinajstić information content (AvgIpc) is 2.79. The van der Waals surface area contributed by atoms with E-state index in [0.717, 1.165) is 22.6 Å². The van der Waals surface area contributed by atoms with Gasteiger partial charge in [-0.2, -0.15) is 5.10 Å². The molecule has 21 heavy (non-hydrogen) atoms. The molecule has 5 heteroatoms. The van der Waals surface area contributed by atoms with Crippen molar-refractivity contribution in [1.29, 1.82) is 0 Å². The highest BCUT2D eigenvalue weighted by Gasteiger charge is 2.15. The number of benzene rings is 1. The summed E-state index contributed by atoms with van der Waals surface area (Å²) >= 11 is 0. The van der Waals surface area contributed by atoms with Gasteiger partial charge in [0.15, 0.2) is 0 Å². The van der Waals surface area contributed by atoms with E-state index in [-0.39, 0.29) is 11.9 Å². The van der Waals surface area contributed by atoms with Gasteiger partial charge in [-0.1, -0.05) is 18.2 Å². The number of carbonyl (C=O) groups is 1. The average molecular weight is 287 g/mol. The summed E-state index contributed by atoms with van der Waals surface area (Å²) in [4.78, 5) is 12.2. The third-order valence-corrected chi connectivity index (χ3v) is 3.66. The van der Waals surface area contributed by atoms with Crippen molar-refractivity contribution in [2.75, 3.05) is 7.11 Å². The molecule has 0 fully saturated rings. The van der Waals surface area contributed by atoms with E-state index in [1.165, 1.54) is 0 Å². The lowest BCUT2D eigenvalue weighted by Crippen LogP contribution is -2.28. The zero-order valence-electron chi connectivity index (χ0n) is 12.9. The second-order valence-corrected chi connectivity index (χ2v) is 5.09. The molecule has 0 aliphatic rings. The molecular formula is C16H21N3O2. The first kappa shape index (κ1) is 15.1. The normalized spacial score (nSPS) is 12.0. The van der Waals surface area contributed by atoms with E-state index >= 15 is 0 Å². The number of aryl methyl sites for hydroxylation is 1. The van der Waals surface area contributed by atoms with Gasteiger partial charge in [0.2, 0.25) is 5.91 Å². The summed E-state index contributed by atoms with van der Waals surface area (Å²) in [6, 6.07) is 7.48. The van der Waals surface area contributed by atoms with Crippen molar-refractivity contribution in [3.05, 3.63) is 47.3 Å². The summed E-state index contributed by atoms with van der Waals surface area (Å²) in [5, 5.41) is 7.20. The fourth-order valence-electron chi connectivity index (χ4n) is 2.33. The third kappa shape index (κ3) is 3.42. The van der Waals surface area contributed by atoms with Crippen molar-refractivity contribution in [1.82, 2.24) is 15.1 Å². The number of rotatable bonds is 5. The van der Waals surface area contributed by atoms with Crippen molar-refractivity contribution in [2.24, 2.45) is 7.05 Å². The molecule has 0 unspecified atom stereocenters. The summed E-state index contributed by atoms with van der Waals surface area (Å²) in [6.07, 6.45) is 2.09. The Kier molecular flexibility index (Phi) is 4.62. The van der Waals surface area contributed by atoms with Crippen LogP contribution < -0.4 is 10.1 Å². The Labute approximate surface area is 124 Å². The van der Waals surface area contributed by atoms with E-state index in [1.54, 1.807) is 18.0 Å². The molecule has 5 nitrogen and oxygen atoms in total. The number of amides is 1. The number of nitrogens with one attached hydrogen (secondary N) is 1. The number of hydrogen-bond acceptors (Lipinski definition) is 3. The third-order valence-electron chi connectivity index (χ3n) is 3.66. The van der Waals surface area contributed by atoms with Crippen molar-refractivity contribution in [3.63, 3.8) is 0 Å². The summed E-state index contributed by atoms with van der Waals surface area (Å²) in [7, 11) is 3.50. The second-order valence-electron chi connectivity index (χ2n) is 5.09. The first-order chi connectivity index (χ1) is 10.0. The van der Waals surface area contributed by atoms with Gasteiger partial charge in [-0.25, -0.2) is 0 Å². The lowest BCUT2D eigenvalue weighted by atomic mass is 10.1. The largest absolute Gasteiger partial charge is 0.496 e. The number of para-hydroxylation sites is 1. The molecule has 112 valence electrons. The lowest BCUT2D eigenvalue weighted by Gasteiger charge is -2.14. The van der Waals surface area contributed by atoms with E-state index in [2.05, 4.69) is 10.4 Å². The summed E-state index contributed by atoms with van der Waals surface area (Å²) in [5.41, 5.74) is 2.97. The first-order valence-corrected chi connectivity index (χ1v) is 6.92. The van der Waals surface area contributed by atoms with E-state index in [9.17, 15) is 4.79 Å². The Bertz CT molecular complexity index is 634. The van der Waals surface area contributed by atoms with Gasteiger partial charge in [0.25, 0.3) is 0 Å². The van der Waals surface area contributed by atoms with Crippen LogP contribution in [0.4, 0.5) is 0 Å². The highest BCUT2D eigenvalue weighted by molar-refractivity contribution is 5.79. The minimum atomic E-state index is -0.0686. The van der Waals surface area contributed by atoms with Crippen LogP contribution in [0.1, 0.15) is 29.8 Å². The van der Waals surface area contributed by atoms with Gasteiger partial charge in [-0.15, -0.1) is 0 Å². The van der Waals surface area contributed by atoms with Crippen molar-refractivity contribution in [3.8, 4) is 5.75 Å². The molecule has 0 aliphatic heterocycles. The standard InChI is InChI=1S/C16H21N3O2/c1-11(14-10-17-19(3)12(14)2)18-16(20)9-13-7-5-6-8-15(13)21-4/h5-8,10-11H,9H2,1-4H3,(H,18,20)/t11-/m0/s1. The second kappa shape index (κ2) is 6.43. The number of nitrogens with zero attached hydrogens (tertiary/aromatic N) is 2. The van der Waals surface area contributed by atoms with Crippen LogP contribution >= 0.6 is 0 Å². The molecule has 0 aliphatic carbocycles. The molecular weight excluding hydrogens is 266 g/mol. The zero-order valence-corrected chi connectivity index (χ0v) is 12.9. The maximum atomic E-state index is 12.2. The zero-order chi connectivity index (χ0) is 15.4. The monoisotopic (exact) mass is 287 g/mol. The Morgan fingerprint density at radius 1 is 1.43 bits per heavy atom. The minimum Gasteiger partial charge on any atom is -0.496 e. The highest BCUT2D eigenvalue weighted by Crippen LogP contribution is 2.19. The van der Waals surface area contributed by atoms with Crippen LogP contribution in [-0.4, -0.2) is 22.8 Å². The summed E-state index contributed by atoms with van der Waals surface area (Å²) < 4.78 is 7.07. The Morgan fingerprint density at radius 2 is 2.14 bits per heavy atom. The number of carbonyl (C=O) groups excluding carboxylic acids is 1. The molecule has 1 heterocycles. The molecule has 1 amide bonds. The van der Waals surface area contributed by atoms with Crippen LogP contribution in [0.5, 0.6) is 5.75 Å².